The highest BCUT2D eigenvalue weighted by Crippen LogP contribution is 2.37. The van der Waals surface area contributed by atoms with Gasteiger partial charge in [-0.3, -0.25) is 19.5 Å². The van der Waals surface area contributed by atoms with E-state index in [1.807, 2.05) is 62.4 Å². The van der Waals surface area contributed by atoms with Gasteiger partial charge in [-0.15, -0.1) is 0 Å². The molecule has 0 N–H and O–H groups in total. The average molecular weight is 434 g/mol. The zero-order valence-electron chi connectivity index (χ0n) is 18.7. The lowest BCUT2D eigenvalue weighted by molar-refractivity contribution is 0.0693. The van der Waals surface area contributed by atoms with Crippen LogP contribution in [-0.2, 0) is 0 Å². The van der Waals surface area contributed by atoms with E-state index in [2.05, 4.69) is 33.8 Å². The molecule has 3 heterocycles. The van der Waals surface area contributed by atoms with Crippen LogP contribution in [0.3, 0.4) is 0 Å². The third kappa shape index (κ3) is 3.04. The van der Waals surface area contributed by atoms with Crippen molar-refractivity contribution in [3.63, 3.8) is 0 Å². The maximum absolute atomic E-state index is 13.0. The van der Waals surface area contributed by atoms with E-state index >= 15 is 0 Å². The van der Waals surface area contributed by atoms with Crippen molar-refractivity contribution in [1.82, 2.24) is 14.5 Å². The molecule has 3 aromatic carbocycles. The van der Waals surface area contributed by atoms with Crippen LogP contribution in [0, 0.1) is 0 Å². The molecule has 1 aliphatic heterocycles. The van der Waals surface area contributed by atoms with Crippen LogP contribution in [-0.4, -0.2) is 33.3 Å². The smallest absolute Gasteiger partial charge is 0.263 e. The van der Waals surface area contributed by atoms with Gasteiger partial charge in [0.25, 0.3) is 11.8 Å². The van der Waals surface area contributed by atoms with Gasteiger partial charge in [-0.05, 0) is 36.4 Å². The molecular weight excluding hydrogens is 410 g/mol. The summed E-state index contributed by atoms with van der Waals surface area (Å²) in [4.78, 5) is 31.2. The molecule has 0 aliphatic carbocycles. The average Bonchev–Trinajstić information content (AvgIpc) is 3.32. The Hall–Kier alpha value is -4.25. The predicted octanol–water partition coefficient (Wildman–Crippen LogP) is 6.10. The number of hydrogen-bond donors (Lipinski definition) is 0. The van der Waals surface area contributed by atoms with Crippen molar-refractivity contribution in [1.29, 1.82) is 0 Å². The standard InChI is InChI=1S/C26H17N3O2.C2H6/c1-28-25(30)19-8-6-11-22(24(19)26(28)31)29-21-10-3-2-7-17(21)18-13-12-16(15-23(18)29)20-9-4-5-14-27-20;1-2/h2-15H,1H3;1-2H3. The fourth-order valence-corrected chi connectivity index (χ4v) is 4.49. The van der Waals surface area contributed by atoms with Crippen LogP contribution in [0.25, 0.3) is 38.8 Å². The van der Waals surface area contributed by atoms with E-state index < -0.39 is 0 Å². The van der Waals surface area contributed by atoms with Crippen LogP contribution in [0.4, 0.5) is 0 Å². The number of fused-ring (bicyclic) bond motifs is 4. The number of pyridine rings is 1. The molecule has 0 fully saturated rings. The minimum absolute atomic E-state index is 0.267. The number of hydrogen-bond acceptors (Lipinski definition) is 3. The normalized spacial score (nSPS) is 12.8. The number of para-hydroxylation sites is 1. The van der Waals surface area contributed by atoms with E-state index in [0.29, 0.717) is 16.8 Å². The van der Waals surface area contributed by atoms with Crippen molar-refractivity contribution in [2.45, 2.75) is 13.8 Å². The molecule has 0 radical (unpaired) electrons. The number of rotatable bonds is 2. The lowest BCUT2D eigenvalue weighted by Crippen LogP contribution is -2.24. The fraction of sp³-hybridized carbons (Fsp3) is 0.107. The lowest BCUT2D eigenvalue weighted by Gasteiger charge is -2.12. The lowest BCUT2D eigenvalue weighted by atomic mass is 10.1. The highest BCUT2D eigenvalue weighted by Gasteiger charge is 2.35. The molecule has 5 nitrogen and oxygen atoms in total. The molecule has 0 saturated heterocycles. The number of carbonyl (C=O) groups excluding carboxylic acids is 2. The fourth-order valence-electron chi connectivity index (χ4n) is 4.49. The third-order valence-electron chi connectivity index (χ3n) is 5.97. The Labute approximate surface area is 191 Å². The number of carbonyl (C=O) groups is 2. The maximum atomic E-state index is 13.0. The van der Waals surface area contributed by atoms with Gasteiger partial charge in [0.2, 0.25) is 0 Å². The summed E-state index contributed by atoms with van der Waals surface area (Å²) < 4.78 is 2.08. The number of aromatic nitrogens is 2. The molecular formula is C28H23N3O2. The minimum Gasteiger partial charge on any atom is -0.308 e. The summed E-state index contributed by atoms with van der Waals surface area (Å²) in [5, 5.41) is 2.17. The van der Waals surface area contributed by atoms with Crippen molar-refractivity contribution in [2.24, 2.45) is 0 Å². The summed E-state index contributed by atoms with van der Waals surface area (Å²) in [6.07, 6.45) is 1.78. The Bertz CT molecular complexity index is 1530. The predicted molar refractivity (Wildman–Crippen MR) is 132 cm³/mol. The summed E-state index contributed by atoms with van der Waals surface area (Å²) >= 11 is 0. The van der Waals surface area contributed by atoms with Crippen molar-refractivity contribution < 1.29 is 9.59 Å². The van der Waals surface area contributed by atoms with Crippen LogP contribution in [0.15, 0.2) is 85.1 Å². The number of benzene rings is 3. The molecule has 2 amide bonds. The van der Waals surface area contributed by atoms with Gasteiger partial charge in [0.15, 0.2) is 0 Å². The van der Waals surface area contributed by atoms with Crippen LogP contribution >= 0.6 is 0 Å². The van der Waals surface area contributed by atoms with Gasteiger partial charge in [0, 0.05) is 29.6 Å². The van der Waals surface area contributed by atoms with Crippen molar-refractivity contribution in [2.75, 3.05) is 7.05 Å². The van der Waals surface area contributed by atoms with Gasteiger partial charge < -0.3 is 4.57 Å². The Balaban J connectivity index is 0.00000111. The number of imide groups is 1. The SMILES string of the molecule is CC.CN1C(=O)c2cccc(-n3c4ccccc4c4ccc(-c5ccccn5)cc43)c2C1=O. The van der Waals surface area contributed by atoms with Crippen LogP contribution in [0.5, 0.6) is 0 Å². The first-order chi connectivity index (χ1) is 16.1. The summed E-state index contributed by atoms with van der Waals surface area (Å²) in [6.45, 7) is 4.00. The zero-order chi connectivity index (χ0) is 23.1. The van der Waals surface area contributed by atoms with Gasteiger partial charge >= 0.3 is 0 Å². The van der Waals surface area contributed by atoms with E-state index in [9.17, 15) is 9.59 Å². The van der Waals surface area contributed by atoms with Crippen LogP contribution < -0.4 is 0 Å². The molecule has 5 aromatic rings. The molecule has 0 spiro atoms. The Kier molecular flexibility index (Phi) is 5.02. The van der Waals surface area contributed by atoms with E-state index in [4.69, 9.17) is 0 Å². The second kappa shape index (κ2) is 8.02. The molecule has 162 valence electrons. The summed E-state index contributed by atoms with van der Waals surface area (Å²) in [5.74, 6) is -0.542. The molecule has 0 bridgehead atoms. The molecule has 2 aromatic heterocycles. The molecule has 0 atom stereocenters. The largest absolute Gasteiger partial charge is 0.308 e. The Morgan fingerprint density at radius 2 is 1.48 bits per heavy atom. The van der Waals surface area contributed by atoms with Crippen LogP contribution in [0.1, 0.15) is 34.6 Å². The highest BCUT2D eigenvalue weighted by molar-refractivity contribution is 6.23. The quantitative estimate of drug-likeness (QED) is 0.316. The molecule has 6 rings (SSSR count). The second-order valence-electron chi connectivity index (χ2n) is 7.67. The Morgan fingerprint density at radius 3 is 2.27 bits per heavy atom. The van der Waals surface area contributed by atoms with Gasteiger partial charge in [0.05, 0.1) is 33.5 Å². The number of amides is 2. The zero-order valence-corrected chi connectivity index (χ0v) is 18.7. The molecule has 0 saturated carbocycles. The Morgan fingerprint density at radius 1 is 0.727 bits per heavy atom. The van der Waals surface area contributed by atoms with Crippen molar-refractivity contribution in [3.05, 3.63) is 96.2 Å². The van der Waals surface area contributed by atoms with Gasteiger partial charge in [-0.25, -0.2) is 0 Å². The minimum atomic E-state index is -0.276. The first-order valence-corrected chi connectivity index (χ1v) is 11.1. The first-order valence-electron chi connectivity index (χ1n) is 11.1. The maximum Gasteiger partial charge on any atom is 0.263 e. The van der Waals surface area contributed by atoms with E-state index in [-0.39, 0.29) is 11.8 Å². The third-order valence-corrected chi connectivity index (χ3v) is 5.97. The summed E-state index contributed by atoms with van der Waals surface area (Å²) in [7, 11) is 1.53. The van der Waals surface area contributed by atoms with Gasteiger partial charge in [0.1, 0.15) is 0 Å². The van der Waals surface area contributed by atoms with Crippen molar-refractivity contribution >= 4 is 33.6 Å². The van der Waals surface area contributed by atoms with Gasteiger partial charge in [-0.2, -0.15) is 0 Å². The van der Waals surface area contributed by atoms with E-state index in [0.717, 1.165) is 33.1 Å². The topological polar surface area (TPSA) is 55.2 Å². The van der Waals surface area contributed by atoms with Gasteiger partial charge in [-0.1, -0.05) is 56.3 Å². The monoisotopic (exact) mass is 433 g/mol. The van der Waals surface area contributed by atoms with Crippen LogP contribution in [0.2, 0.25) is 0 Å². The first kappa shape index (κ1) is 20.6. The second-order valence-corrected chi connectivity index (χ2v) is 7.67. The van der Waals surface area contributed by atoms with Crippen molar-refractivity contribution in [3.8, 4) is 16.9 Å². The molecule has 1 aliphatic rings. The van der Waals surface area contributed by atoms with E-state index in [1.165, 1.54) is 11.9 Å². The summed E-state index contributed by atoms with van der Waals surface area (Å²) in [5.41, 5.74) is 5.42. The molecule has 0 unspecified atom stereocenters. The molecule has 5 heteroatoms. The number of nitrogens with zero attached hydrogens (tertiary/aromatic N) is 3. The molecule has 33 heavy (non-hydrogen) atoms. The van der Waals surface area contributed by atoms with E-state index in [1.54, 1.807) is 12.3 Å². The summed E-state index contributed by atoms with van der Waals surface area (Å²) in [6, 6.07) is 25.7. The highest BCUT2D eigenvalue weighted by atomic mass is 16.2.